The highest BCUT2D eigenvalue weighted by atomic mass is 16.6. The van der Waals surface area contributed by atoms with Gasteiger partial charge in [-0.25, -0.2) is 9.67 Å². The number of aromatic nitrogens is 5. The summed E-state index contributed by atoms with van der Waals surface area (Å²) in [7, 11) is 0. The summed E-state index contributed by atoms with van der Waals surface area (Å²) < 4.78 is 1.63. The van der Waals surface area contributed by atoms with Crippen molar-refractivity contribution < 1.29 is 4.92 Å². The highest BCUT2D eigenvalue weighted by molar-refractivity contribution is 5.90. The van der Waals surface area contributed by atoms with E-state index in [1.165, 1.54) is 18.3 Å². The third-order valence-electron chi connectivity index (χ3n) is 4.12. The van der Waals surface area contributed by atoms with Gasteiger partial charge in [-0.3, -0.25) is 15.1 Å². The van der Waals surface area contributed by atoms with Crippen molar-refractivity contribution in [3.05, 3.63) is 70.0 Å². The molecule has 0 atom stereocenters. The number of hydrogen-bond donors (Lipinski definition) is 1. The molecule has 0 aliphatic heterocycles. The monoisotopic (exact) mass is 372 g/mol. The number of anilines is 1. The van der Waals surface area contributed by atoms with Gasteiger partial charge in [0.1, 0.15) is 5.69 Å². The maximum atomic E-state index is 10.8. The van der Waals surface area contributed by atoms with Crippen LogP contribution in [0.25, 0.3) is 22.4 Å². The topological polar surface area (TPSA) is 149 Å². The van der Waals surface area contributed by atoms with Gasteiger partial charge in [-0.2, -0.15) is 15.3 Å². The van der Waals surface area contributed by atoms with E-state index >= 15 is 0 Å². The molecule has 28 heavy (non-hydrogen) atoms. The van der Waals surface area contributed by atoms with Crippen LogP contribution in [0.4, 0.5) is 11.6 Å². The summed E-state index contributed by atoms with van der Waals surface area (Å²) in [5.41, 5.74) is 8.65. The number of nitriles is 1. The van der Waals surface area contributed by atoms with E-state index in [2.05, 4.69) is 26.1 Å². The molecule has 4 rings (SSSR count). The van der Waals surface area contributed by atoms with Gasteiger partial charge in [-0.15, -0.1) is 0 Å². The van der Waals surface area contributed by atoms with Crippen LogP contribution in [-0.2, 0) is 6.54 Å². The zero-order chi connectivity index (χ0) is 19.7. The summed E-state index contributed by atoms with van der Waals surface area (Å²) in [5.74, 6) is 0.0529. The van der Waals surface area contributed by atoms with Crippen LogP contribution in [-0.4, -0.2) is 29.7 Å². The molecule has 0 unspecified atom stereocenters. The van der Waals surface area contributed by atoms with Crippen LogP contribution in [0.2, 0.25) is 0 Å². The number of pyridine rings is 1. The molecule has 10 heteroatoms. The maximum absolute atomic E-state index is 10.8. The number of benzene rings is 1. The van der Waals surface area contributed by atoms with E-state index < -0.39 is 4.92 Å². The normalized spacial score (nSPS) is 10.7. The molecular weight excluding hydrogens is 360 g/mol. The third kappa shape index (κ3) is 3.08. The number of nitro benzene ring substituents is 1. The largest absolute Gasteiger partial charge is 0.368 e. The lowest BCUT2D eigenvalue weighted by Crippen LogP contribution is -2.05. The van der Waals surface area contributed by atoms with Gasteiger partial charge in [0.05, 0.1) is 40.4 Å². The van der Waals surface area contributed by atoms with Crippen LogP contribution in [0, 0.1) is 21.4 Å². The Labute approximate surface area is 158 Å². The van der Waals surface area contributed by atoms with E-state index in [0.29, 0.717) is 34.5 Å². The number of nitrogen functional groups attached to an aromatic ring is 1. The van der Waals surface area contributed by atoms with Crippen molar-refractivity contribution in [2.45, 2.75) is 6.54 Å². The number of rotatable bonds is 4. The third-order valence-corrected chi connectivity index (χ3v) is 4.12. The first-order valence-electron chi connectivity index (χ1n) is 8.14. The zero-order valence-electron chi connectivity index (χ0n) is 14.4. The fourth-order valence-corrected chi connectivity index (χ4v) is 2.81. The van der Waals surface area contributed by atoms with E-state index in [1.54, 1.807) is 35.1 Å². The Bertz CT molecular complexity index is 1240. The molecule has 0 fully saturated rings. The molecule has 3 aromatic heterocycles. The summed E-state index contributed by atoms with van der Waals surface area (Å²) in [6.07, 6.45) is 3.13. The zero-order valence-corrected chi connectivity index (χ0v) is 14.4. The lowest BCUT2D eigenvalue weighted by Gasteiger charge is -2.06. The summed E-state index contributed by atoms with van der Waals surface area (Å²) in [5, 5.41) is 24.9. The summed E-state index contributed by atoms with van der Waals surface area (Å²) in [6.45, 7) is 0.350. The van der Waals surface area contributed by atoms with Crippen molar-refractivity contribution in [1.29, 1.82) is 5.26 Å². The molecule has 0 amide bonds. The molecule has 0 spiro atoms. The minimum absolute atomic E-state index is 0.0198. The molecule has 10 nitrogen and oxygen atoms in total. The molecule has 0 radical (unpaired) electrons. The van der Waals surface area contributed by atoms with Crippen LogP contribution < -0.4 is 5.73 Å². The minimum Gasteiger partial charge on any atom is -0.368 e. The van der Waals surface area contributed by atoms with Gasteiger partial charge in [0.15, 0.2) is 5.65 Å². The van der Waals surface area contributed by atoms with E-state index in [4.69, 9.17) is 11.0 Å². The second-order valence-corrected chi connectivity index (χ2v) is 5.94. The van der Waals surface area contributed by atoms with Crippen molar-refractivity contribution in [2.24, 2.45) is 0 Å². The Balaban J connectivity index is 1.77. The Morgan fingerprint density at radius 2 is 2.00 bits per heavy atom. The van der Waals surface area contributed by atoms with Crippen molar-refractivity contribution in [3.63, 3.8) is 0 Å². The van der Waals surface area contributed by atoms with E-state index in [9.17, 15) is 10.1 Å². The molecule has 2 N–H and O–H groups in total. The SMILES string of the molecule is N#Cc1ccnc(-c2nc(N)nc3c2cnn3Cc2ccc([N+](=O)[O-])cc2)c1. The van der Waals surface area contributed by atoms with Gasteiger partial charge >= 0.3 is 0 Å². The van der Waals surface area contributed by atoms with Gasteiger partial charge in [-0.05, 0) is 17.7 Å². The second kappa shape index (κ2) is 6.73. The van der Waals surface area contributed by atoms with Crippen molar-refractivity contribution in [3.8, 4) is 17.5 Å². The quantitative estimate of drug-likeness (QED) is 0.423. The predicted octanol–water partition coefficient (Wildman–Crippen LogP) is 2.30. The first-order chi connectivity index (χ1) is 13.5. The minimum atomic E-state index is -0.449. The highest BCUT2D eigenvalue weighted by Crippen LogP contribution is 2.26. The molecule has 0 saturated carbocycles. The van der Waals surface area contributed by atoms with Crippen molar-refractivity contribution >= 4 is 22.7 Å². The molecule has 0 aliphatic carbocycles. The summed E-state index contributed by atoms with van der Waals surface area (Å²) in [4.78, 5) is 23.1. The summed E-state index contributed by atoms with van der Waals surface area (Å²) in [6, 6.07) is 11.5. The first kappa shape index (κ1) is 17.0. The molecule has 0 aliphatic rings. The average Bonchev–Trinajstić information content (AvgIpc) is 3.10. The second-order valence-electron chi connectivity index (χ2n) is 5.94. The van der Waals surface area contributed by atoms with Crippen LogP contribution in [0.15, 0.2) is 48.8 Å². The predicted molar refractivity (Wildman–Crippen MR) is 99.9 cm³/mol. The molecular formula is C18H12N8O2. The lowest BCUT2D eigenvalue weighted by atomic mass is 10.1. The fraction of sp³-hybridized carbons (Fsp3) is 0.0556. The van der Waals surface area contributed by atoms with Gasteiger partial charge in [0.2, 0.25) is 5.95 Å². The van der Waals surface area contributed by atoms with E-state index in [-0.39, 0.29) is 11.6 Å². The van der Waals surface area contributed by atoms with Crippen LogP contribution in [0.3, 0.4) is 0 Å². The summed E-state index contributed by atoms with van der Waals surface area (Å²) >= 11 is 0. The van der Waals surface area contributed by atoms with Crippen molar-refractivity contribution in [1.82, 2.24) is 24.7 Å². The van der Waals surface area contributed by atoms with Gasteiger partial charge in [-0.1, -0.05) is 12.1 Å². The smallest absolute Gasteiger partial charge is 0.269 e. The Morgan fingerprint density at radius 1 is 1.21 bits per heavy atom. The van der Waals surface area contributed by atoms with Gasteiger partial charge in [0, 0.05) is 18.3 Å². The van der Waals surface area contributed by atoms with Gasteiger partial charge < -0.3 is 5.73 Å². The molecule has 136 valence electrons. The van der Waals surface area contributed by atoms with E-state index in [1.807, 2.05) is 0 Å². The van der Waals surface area contributed by atoms with Crippen LogP contribution >= 0.6 is 0 Å². The maximum Gasteiger partial charge on any atom is 0.269 e. The molecule has 1 aromatic carbocycles. The molecule has 4 aromatic rings. The Kier molecular flexibility index (Phi) is 4.10. The molecule has 0 saturated heterocycles. The number of fused-ring (bicyclic) bond motifs is 1. The Hall–Kier alpha value is -4.39. The average molecular weight is 372 g/mol. The Morgan fingerprint density at radius 3 is 2.71 bits per heavy atom. The van der Waals surface area contributed by atoms with Gasteiger partial charge in [0.25, 0.3) is 5.69 Å². The number of nitrogens with two attached hydrogens (primary N) is 1. The van der Waals surface area contributed by atoms with Crippen LogP contribution in [0.1, 0.15) is 11.1 Å². The molecule has 3 heterocycles. The van der Waals surface area contributed by atoms with Crippen LogP contribution in [0.5, 0.6) is 0 Å². The molecule has 0 bridgehead atoms. The number of hydrogen-bond acceptors (Lipinski definition) is 8. The fourth-order valence-electron chi connectivity index (χ4n) is 2.81. The number of non-ortho nitro benzene ring substituents is 1. The van der Waals surface area contributed by atoms with E-state index in [0.717, 1.165) is 5.56 Å². The first-order valence-corrected chi connectivity index (χ1v) is 8.14. The highest BCUT2D eigenvalue weighted by Gasteiger charge is 2.15. The lowest BCUT2D eigenvalue weighted by molar-refractivity contribution is -0.384. The number of nitrogens with zero attached hydrogens (tertiary/aromatic N) is 7. The number of nitro groups is 1. The standard InChI is InChI=1S/C18H12N8O2/c19-8-12-5-6-21-15(7-12)16-14-9-22-25(17(14)24-18(20)23-16)10-11-1-3-13(4-2-11)26(27)28/h1-7,9H,10H2,(H2,20,23,24). The van der Waals surface area contributed by atoms with Crippen molar-refractivity contribution in [2.75, 3.05) is 5.73 Å².